The van der Waals surface area contributed by atoms with Crippen molar-refractivity contribution in [2.24, 2.45) is 0 Å². The first kappa shape index (κ1) is 12.1. The quantitative estimate of drug-likeness (QED) is 0.716. The number of benzene rings is 1. The molecule has 0 spiro atoms. The first-order valence-corrected chi connectivity index (χ1v) is 6.50. The number of hydrogen-bond donors (Lipinski definition) is 0. The van der Waals surface area contributed by atoms with Crippen LogP contribution in [0.25, 0.3) is 16.6 Å². The number of rotatable bonds is 2. The zero-order chi connectivity index (χ0) is 13.4. The average Bonchev–Trinajstić information content (AvgIpc) is 2.80. The minimum Gasteiger partial charge on any atom is -0.268 e. The topological polar surface area (TPSA) is 43.6 Å². The molecule has 1 aromatic carbocycles. The van der Waals surface area contributed by atoms with Crippen LogP contribution in [0.3, 0.4) is 0 Å². The Morgan fingerprint density at radius 1 is 1.16 bits per heavy atom. The van der Waals surface area contributed by atoms with Crippen molar-refractivity contribution in [2.75, 3.05) is 0 Å². The van der Waals surface area contributed by atoms with Crippen LogP contribution in [0.4, 0.5) is 0 Å². The molecule has 0 bridgehead atoms. The summed E-state index contributed by atoms with van der Waals surface area (Å²) in [5, 5.41) is 9.50. The largest absolute Gasteiger partial charge is 0.268 e. The van der Waals surface area contributed by atoms with Gasteiger partial charge in [0, 0.05) is 11.3 Å². The van der Waals surface area contributed by atoms with E-state index in [0.29, 0.717) is 5.28 Å². The van der Waals surface area contributed by atoms with Crippen molar-refractivity contribution >= 4 is 22.5 Å². The zero-order valence-electron chi connectivity index (χ0n) is 10.7. The monoisotopic (exact) mass is 272 g/mol. The van der Waals surface area contributed by atoms with Gasteiger partial charge in [-0.1, -0.05) is 32.0 Å². The minimum atomic E-state index is 0.242. The molecule has 0 aliphatic rings. The van der Waals surface area contributed by atoms with E-state index < -0.39 is 0 Å². The first-order chi connectivity index (χ1) is 9.16. The molecule has 0 unspecified atom stereocenters. The third-order valence-electron chi connectivity index (χ3n) is 3.00. The fourth-order valence-electron chi connectivity index (χ4n) is 2.07. The minimum absolute atomic E-state index is 0.242. The van der Waals surface area contributed by atoms with Gasteiger partial charge in [-0.25, -0.2) is 0 Å². The Balaban J connectivity index is 2.21. The number of hydrogen-bond acceptors (Lipinski definition) is 3. The second-order valence-electron chi connectivity index (χ2n) is 4.70. The predicted octanol–water partition coefficient (Wildman–Crippen LogP) is 3.59. The van der Waals surface area contributed by atoms with E-state index in [1.807, 2.05) is 34.9 Å². The van der Waals surface area contributed by atoms with Crippen molar-refractivity contribution in [1.82, 2.24) is 19.7 Å². The second kappa shape index (κ2) is 4.63. The van der Waals surface area contributed by atoms with Crippen LogP contribution in [-0.4, -0.2) is 19.7 Å². The van der Waals surface area contributed by atoms with Crippen LogP contribution in [0.1, 0.15) is 25.6 Å². The summed E-state index contributed by atoms with van der Waals surface area (Å²) in [6.07, 6.45) is 1.80. The van der Waals surface area contributed by atoms with Crippen LogP contribution in [0.5, 0.6) is 0 Å². The lowest BCUT2D eigenvalue weighted by Gasteiger charge is -2.10. The van der Waals surface area contributed by atoms with Crippen LogP contribution in [-0.2, 0) is 0 Å². The zero-order valence-corrected chi connectivity index (χ0v) is 11.5. The number of aromatic nitrogens is 4. The summed E-state index contributed by atoms with van der Waals surface area (Å²) in [4.78, 5) is 4.44. The molecule has 0 saturated heterocycles. The Morgan fingerprint density at radius 3 is 2.74 bits per heavy atom. The molecular weight excluding hydrogens is 260 g/mol. The molecule has 4 nitrogen and oxygen atoms in total. The molecule has 5 heteroatoms. The van der Waals surface area contributed by atoms with Crippen LogP contribution in [0.2, 0.25) is 5.28 Å². The van der Waals surface area contributed by atoms with Gasteiger partial charge in [0.15, 0.2) is 0 Å². The van der Waals surface area contributed by atoms with Crippen LogP contribution >= 0.6 is 11.6 Å². The molecule has 0 atom stereocenters. The highest BCUT2D eigenvalue weighted by Gasteiger charge is 2.15. The lowest BCUT2D eigenvalue weighted by atomic mass is 10.2. The second-order valence-corrected chi connectivity index (χ2v) is 5.04. The van der Waals surface area contributed by atoms with Crippen molar-refractivity contribution in [3.63, 3.8) is 0 Å². The van der Waals surface area contributed by atoms with E-state index in [-0.39, 0.29) is 5.92 Å². The Labute approximate surface area is 116 Å². The van der Waals surface area contributed by atoms with Crippen molar-refractivity contribution in [3.8, 4) is 5.69 Å². The summed E-state index contributed by atoms with van der Waals surface area (Å²) in [6, 6.07) is 10.0. The lowest BCUT2D eigenvalue weighted by molar-refractivity contribution is 0.745. The van der Waals surface area contributed by atoms with Gasteiger partial charge in [-0.2, -0.15) is 0 Å². The van der Waals surface area contributed by atoms with Crippen LogP contribution in [0.15, 0.2) is 36.5 Å². The summed E-state index contributed by atoms with van der Waals surface area (Å²) in [5.41, 5.74) is 1.85. The van der Waals surface area contributed by atoms with E-state index in [2.05, 4.69) is 29.0 Å². The molecule has 2 heterocycles. The fourth-order valence-corrected chi connectivity index (χ4v) is 2.29. The van der Waals surface area contributed by atoms with Crippen molar-refractivity contribution in [1.29, 1.82) is 0 Å². The van der Waals surface area contributed by atoms with Gasteiger partial charge in [-0.05, 0) is 23.7 Å². The third-order valence-corrected chi connectivity index (χ3v) is 3.24. The van der Waals surface area contributed by atoms with Crippen molar-refractivity contribution in [3.05, 3.63) is 47.6 Å². The molecule has 0 aliphatic carbocycles. The van der Waals surface area contributed by atoms with Crippen molar-refractivity contribution in [2.45, 2.75) is 19.8 Å². The van der Waals surface area contributed by atoms with Gasteiger partial charge in [0.25, 0.3) is 0 Å². The molecule has 0 fully saturated rings. The number of nitrogens with zero attached hydrogens (tertiary/aromatic N) is 4. The van der Waals surface area contributed by atoms with E-state index in [1.54, 1.807) is 6.20 Å². The Kier molecular flexibility index (Phi) is 2.95. The van der Waals surface area contributed by atoms with Crippen molar-refractivity contribution < 1.29 is 0 Å². The highest BCUT2D eigenvalue weighted by atomic mass is 35.5. The third kappa shape index (κ3) is 2.08. The predicted molar refractivity (Wildman–Crippen MR) is 75.8 cm³/mol. The maximum absolute atomic E-state index is 6.14. The summed E-state index contributed by atoms with van der Waals surface area (Å²) in [5.74, 6) is 1.08. The highest BCUT2D eigenvalue weighted by molar-refractivity contribution is 6.28. The van der Waals surface area contributed by atoms with Gasteiger partial charge in [0.05, 0.1) is 17.4 Å². The molecule has 96 valence electrons. The maximum atomic E-state index is 6.14. The summed E-state index contributed by atoms with van der Waals surface area (Å²) in [7, 11) is 0. The molecule has 0 aliphatic heterocycles. The molecular formula is C14H13ClN4. The summed E-state index contributed by atoms with van der Waals surface area (Å²) < 4.78 is 1.84. The summed E-state index contributed by atoms with van der Waals surface area (Å²) >= 11 is 6.14. The lowest BCUT2D eigenvalue weighted by Crippen LogP contribution is -2.03. The maximum Gasteiger partial charge on any atom is 0.229 e. The molecule has 0 saturated carbocycles. The van der Waals surface area contributed by atoms with E-state index >= 15 is 0 Å². The average molecular weight is 273 g/mol. The van der Waals surface area contributed by atoms with Gasteiger partial charge in [0.2, 0.25) is 5.28 Å². The Morgan fingerprint density at radius 2 is 1.95 bits per heavy atom. The fraction of sp³-hybridized carbons (Fsp3) is 0.214. The van der Waals surface area contributed by atoms with E-state index in [9.17, 15) is 0 Å². The van der Waals surface area contributed by atoms with Gasteiger partial charge in [0.1, 0.15) is 5.82 Å². The number of halogens is 1. The van der Waals surface area contributed by atoms with E-state index in [0.717, 1.165) is 22.4 Å². The van der Waals surface area contributed by atoms with E-state index in [1.165, 1.54) is 0 Å². The molecule has 19 heavy (non-hydrogen) atoms. The van der Waals surface area contributed by atoms with E-state index in [4.69, 9.17) is 11.6 Å². The number of pyridine rings is 1. The molecule has 0 amide bonds. The van der Waals surface area contributed by atoms with Gasteiger partial charge in [-0.3, -0.25) is 9.55 Å². The molecule has 2 aromatic heterocycles. The smallest absolute Gasteiger partial charge is 0.229 e. The van der Waals surface area contributed by atoms with Gasteiger partial charge < -0.3 is 0 Å². The molecule has 0 N–H and O–H groups in total. The number of fused-ring (bicyclic) bond motifs is 1. The number of para-hydroxylation sites is 1. The highest BCUT2D eigenvalue weighted by Crippen LogP contribution is 2.23. The first-order valence-electron chi connectivity index (χ1n) is 6.13. The molecule has 3 rings (SSSR count). The standard InChI is InChI=1S/C14H13ClN4/c1-9(2)13-17-18-14(15)19(13)11-7-10-5-3-4-6-12(10)16-8-11/h3-9H,1-2H3. The molecule has 3 aromatic rings. The van der Waals surface area contributed by atoms with Crippen LogP contribution < -0.4 is 0 Å². The van der Waals surface area contributed by atoms with Gasteiger partial charge >= 0.3 is 0 Å². The normalized spacial score (nSPS) is 11.4. The SMILES string of the molecule is CC(C)c1nnc(Cl)n1-c1cnc2ccccc2c1. The molecule has 0 radical (unpaired) electrons. The Hall–Kier alpha value is -1.94. The van der Waals surface area contributed by atoms with Gasteiger partial charge in [-0.15, -0.1) is 10.2 Å². The Bertz CT molecular complexity index is 733. The summed E-state index contributed by atoms with van der Waals surface area (Å²) in [6.45, 7) is 4.12. The van der Waals surface area contributed by atoms with Crippen LogP contribution in [0, 0.1) is 0 Å².